The summed E-state index contributed by atoms with van der Waals surface area (Å²) in [5.41, 5.74) is 2.90. The van der Waals surface area contributed by atoms with Gasteiger partial charge in [0.25, 0.3) is 0 Å². The number of aromatic nitrogens is 3. The standard InChI is InChI=1S/C14H17N5O/c1-19-13(10-4-6-15-7-5-10)8-12(18-19)9-16-14(20)17-11-2-3-11/h4-8,11H,2-3,9H2,1H3,(H2,16,17,20). The monoisotopic (exact) mass is 271 g/mol. The number of rotatable bonds is 4. The van der Waals surface area contributed by atoms with E-state index in [2.05, 4.69) is 20.7 Å². The molecular weight excluding hydrogens is 254 g/mol. The molecular formula is C14H17N5O. The lowest BCUT2D eigenvalue weighted by atomic mass is 10.2. The van der Waals surface area contributed by atoms with E-state index in [1.807, 2.05) is 29.9 Å². The van der Waals surface area contributed by atoms with E-state index in [0.717, 1.165) is 29.8 Å². The summed E-state index contributed by atoms with van der Waals surface area (Å²) in [6.07, 6.45) is 5.68. The molecule has 1 aliphatic carbocycles. The second kappa shape index (κ2) is 5.32. The normalized spacial score (nSPS) is 14.1. The zero-order chi connectivity index (χ0) is 13.9. The van der Waals surface area contributed by atoms with Crippen LogP contribution in [0.15, 0.2) is 30.6 Å². The highest BCUT2D eigenvalue weighted by atomic mass is 16.2. The van der Waals surface area contributed by atoms with E-state index < -0.39 is 0 Å². The van der Waals surface area contributed by atoms with Gasteiger partial charge >= 0.3 is 6.03 Å². The lowest BCUT2D eigenvalue weighted by Crippen LogP contribution is -2.36. The van der Waals surface area contributed by atoms with Gasteiger partial charge in [0.15, 0.2) is 0 Å². The van der Waals surface area contributed by atoms with Gasteiger partial charge in [0.05, 0.1) is 17.9 Å². The number of nitrogens with zero attached hydrogens (tertiary/aromatic N) is 3. The van der Waals surface area contributed by atoms with Gasteiger partial charge in [-0.1, -0.05) is 0 Å². The summed E-state index contributed by atoms with van der Waals surface area (Å²) in [5.74, 6) is 0. The van der Waals surface area contributed by atoms with E-state index in [1.165, 1.54) is 0 Å². The third-order valence-electron chi connectivity index (χ3n) is 3.25. The molecule has 2 amide bonds. The first kappa shape index (κ1) is 12.7. The molecule has 2 heterocycles. The van der Waals surface area contributed by atoms with Crippen molar-refractivity contribution in [3.05, 3.63) is 36.3 Å². The minimum atomic E-state index is -0.122. The first-order valence-electron chi connectivity index (χ1n) is 6.70. The fourth-order valence-electron chi connectivity index (χ4n) is 2.04. The predicted octanol–water partition coefficient (Wildman–Crippen LogP) is 1.44. The molecule has 0 unspecified atom stereocenters. The second-order valence-corrected chi connectivity index (χ2v) is 4.98. The van der Waals surface area contributed by atoms with Crippen LogP contribution in [0, 0.1) is 0 Å². The van der Waals surface area contributed by atoms with Crippen LogP contribution in [-0.2, 0) is 13.6 Å². The molecule has 0 aliphatic heterocycles. The Labute approximate surface area is 117 Å². The summed E-state index contributed by atoms with van der Waals surface area (Å²) >= 11 is 0. The van der Waals surface area contributed by atoms with Crippen LogP contribution < -0.4 is 10.6 Å². The first-order chi connectivity index (χ1) is 9.72. The molecule has 2 aromatic heterocycles. The van der Waals surface area contributed by atoms with Crippen molar-refractivity contribution in [2.45, 2.75) is 25.4 Å². The molecule has 6 heteroatoms. The molecule has 6 nitrogen and oxygen atoms in total. The third-order valence-corrected chi connectivity index (χ3v) is 3.25. The zero-order valence-electron chi connectivity index (χ0n) is 11.3. The molecule has 2 N–H and O–H groups in total. The molecule has 104 valence electrons. The molecule has 0 bridgehead atoms. The van der Waals surface area contributed by atoms with Crippen molar-refractivity contribution in [1.29, 1.82) is 0 Å². The van der Waals surface area contributed by atoms with Crippen LogP contribution in [0.3, 0.4) is 0 Å². The molecule has 0 spiro atoms. The summed E-state index contributed by atoms with van der Waals surface area (Å²) in [6.45, 7) is 0.428. The Morgan fingerprint density at radius 1 is 1.40 bits per heavy atom. The molecule has 0 aromatic carbocycles. The molecule has 3 rings (SSSR count). The van der Waals surface area contributed by atoms with Crippen LogP contribution in [0.2, 0.25) is 0 Å². The van der Waals surface area contributed by atoms with Crippen LogP contribution in [0.1, 0.15) is 18.5 Å². The van der Waals surface area contributed by atoms with Gasteiger partial charge in [-0.25, -0.2) is 4.79 Å². The fraction of sp³-hybridized carbons (Fsp3) is 0.357. The van der Waals surface area contributed by atoms with Crippen molar-refractivity contribution in [2.75, 3.05) is 0 Å². The average molecular weight is 271 g/mol. The molecule has 2 aromatic rings. The summed E-state index contributed by atoms with van der Waals surface area (Å²) in [7, 11) is 1.89. The van der Waals surface area contributed by atoms with E-state index in [9.17, 15) is 4.79 Å². The number of nitrogens with one attached hydrogen (secondary N) is 2. The van der Waals surface area contributed by atoms with Gasteiger partial charge < -0.3 is 10.6 Å². The number of carbonyl (C=O) groups excluding carboxylic acids is 1. The molecule has 0 radical (unpaired) electrons. The van der Waals surface area contributed by atoms with Crippen LogP contribution in [0.5, 0.6) is 0 Å². The number of aryl methyl sites for hydroxylation is 1. The molecule has 20 heavy (non-hydrogen) atoms. The highest BCUT2D eigenvalue weighted by molar-refractivity contribution is 5.74. The number of hydrogen-bond acceptors (Lipinski definition) is 3. The van der Waals surface area contributed by atoms with E-state index in [4.69, 9.17) is 0 Å². The van der Waals surface area contributed by atoms with E-state index >= 15 is 0 Å². The molecule has 0 atom stereocenters. The van der Waals surface area contributed by atoms with Gasteiger partial charge in [-0.2, -0.15) is 5.10 Å². The number of amides is 2. The Morgan fingerprint density at radius 2 is 2.15 bits per heavy atom. The minimum absolute atomic E-state index is 0.122. The predicted molar refractivity (Wildman–Crippen MR) is 74.8 cm³/mol. The number of hydrogen-bond donors (Lipinski definition) is 2. The van der Waals surface area contributed by atoms with Gasteiger partial charge in [-0.3, -0.25) is 9.67 Å². The molecule has 1 fully saturated rings. The maximum atomic E-state index is 11.6. The minimum Gasteiger partial charge on any atom is -0.335 e. The Balaban J connectivity index is 1.64. The highest BCUT2D eigenvalue weighted by Gasteiger charge is 2.23. The molecule has 1 aliphatic rings. The summed E-state index contributed by atoms with van der Waals surface area (Å²) in [4.78, 5) is 15.6. The van der Waals surface area contributed by atoms with Gasteiger partial charge in [0, 0.05) is 31.0 Å². The average Bonchev–Trinajstić information content (AvgIpc) is 3.18. The number of pyridine rings is 1. The van der Waals surface area contributed by atoms with Crippen molar-refractivity contribution in [2.24, 2.45) is 7.05 Å². The van der Waals surface area contributed by atoms with Gasteiger partial charge in [-0.05, 0) is 31.0 Å². The van der Waals surface area contributed by atoms with Crippen LogP contribution in [0.25, 0.3) is 11.3 Å². The quantitative estimate of drug-likeness (QED) is 0.884. The second-order valence-electron chi connectivity index (χ2n) is 4.98. The van der Waals surface area contributed by atoms with Crippen LogP contribution in [0.4, 0.5) is 4.79 Å². The van der Waals surface area contributed by atoms with E-state index in [1.54, 1.807) is 12.4 Å². The summed E-state index contributed by atoms with van der Waals surface area (Å²) in [6, 6.07) is 6.10. The van der Waals surface area contributed by atoms with Gasteiger partial charge in [0.1, 0.15) is 0 Å². The molecule has 1 saturated carbocycles. The van der Waals surface area contributed by atoms with Gasteiger partial charge in [-0.15, -0.1) is 0 Å². The van der Waals surface area contributed by atoms with Crippen molar-refractivity contribution >= 4 is 6.03 Å². The van der Waals surface area contributed by atoms with Crippen LogP contribution in [-0.4, -0.2) is 26.8 Å². The third kappa shape index (κ3) is 2.96. The SMILES string of the molecule is Cn1nc(CNC(=O)NC2CC2)cc1-c1ccncc1. The largest absolute Gasteiger partial charge is 0.335 e. The summed E-state index contributed by atoms with van der Waals surface area (Å²) in [5, 5.41) is 10.1. The van der Waals surface area contributed by atoms with Crippen molar-refractivity contribution in [1.82, 2.24) is 25.4 Å². The van der Waals surface area contributed by atoms with Gasteiger partial charge in [0.2, 0.25) is 0 Å². The smallest absolute Gasteiger partial charge is 0.315 e. The zero-order valence-corrected chi connectivity index (χ0v) is 11.3. The van der Waals surface area contributed by atoms with Crippen molar-refractivity contribution < 1.29 is 4.79 Å². The van der Waals surface area contributed by atoms with Crippen molar-refractivity contribution in [3.63, 3.8) is 0 Å². The summed E-state index contributed by atoms with van der Waals surface area (Å²) < 4.78 is 1.81. The lowest BCUT2D eigenvalue weighted by Gasteiger charge is -2.03. The first-order valence-corrected chi connectivity index (χ1v) is 6.70. The van der Waals surface area contributed by atoms with Crippen LogP contribution >= 0.6 is 0 Å². The van der Waals surface area contributed by atoms with E-state index in [0.29, 0.717) is 12.6 Å². The van der Waals surface area contributed by atoms with Crippen molar-refractivity contribution in [3.8, 4) is 11.3 Å². The number of carbonyl (C=O) groups is 1. The molecule has 0 saturated heterocycles. The Hall–Kier alpha value is -2.37. The lowest BCUT2D eigenvalue weighted by molar-refractivity contribution is 0.240. The number of urea groups is 1. The fourth-order valence-corrected chi connectivity index (χ4v) is 2.04. The topological polar surface area (TPSA) is 71.8 Å². The maximum Gasteiger partial charge on any atom is 0.315 e. The Bertz CT molecular complexity index is 603. The Morgan fingerprint density at radius 3 is 2.85 bits per heavy atom. The van der Waals surface area contributed by atoms with E-state index in [-0.39, 0.29) is 6.03 Å². The maximum absolute atomic E-state index is 11.6. The highest BCUT2D eigenvalue weighted by Crippen LogP contribution is 2.19. The Kier molecular flexibility index (Phi) is 3.37.